The average Bonchev–Trinajstić information content (AvgIpc) is 3.86. The van der Waals surface area contributed by atoms with E-state index in [0.29, 0.717) is 0 Å². The van der Waals surface area contributed by atoms with Gasteiger partial charge < -0.3 is 0 Å². The van der Waals surface area contributed by atoms with Gasteiger partial charge in [0.25, 0.3) is 0 Å². The third-order valence-electron chi connectivity index (χ3n) is 10.5. The summed E-state index contributed by atoms with van der Waals surface area (Å²) in [5, 5.41) is 5.63. The molecule has 11 rings (SSSR count). The van der Waals surface area contributed by atoms with Gasteiger partial charge in [-0.25, -0.2) is 0 Å². The third kappa shape index (κ3) is 3.21. The molecule has 2 aromatic heterocycles. The lowest BCUT2D eigenvalue weighted by atomic mass is 9.35. The molecular weight excluding hydrogens is 590 g/mol. The Hall–Kier alpha value is -4.89. The summed E-state index contributed by atoms with van der Waals surface area (Å²) in [6, 6.07) is 54.7. The van der Waals surface area contributed by atoms with Crippen molar-refractivity contribution in [3.05, 3.63) is 146 Å². The molecule has 0 N–H and O–H groups in total. The van der Waals surface area contributed by atoms with Crippen LogP contribution in [0, 0.1) is 0 Å². The van der Waals surface area contributed by atoms with Gasteiger partial charge in [-0.15, -0.1) is 22.7 Å². The first-order valence-electron chi connectivity index (χ1n) is 16.0. The number of hydrogen-bond donors (Lipinski definition) is 0. The summed E-state index contributed by atoms with van der Waals surface area (Å²) < 4.78 is 5.60. The van der Waals surface area contributed by atoms with Crippen LogP contribution in [0.15, 0.2) is 146 Å². The summed E-state index contributed by atoms with van der Waals surface area (Å²) in [6.45, 7) is 0.335. The van der Waals surface area contributed by atoms with E-state index < -0.39 is 0 Å². The molecule has 2 aliphatic rings. The predicted molar refractivity (Wildman–Crippen MR) is 205 cm³/mol. The topological polar surface area (TPSA) is 0 Å². The van der Waals surface area contributed by atoms with Crippen LogP contribution in [0.25, 0.3) is 62.6 Å². The summed E-state index contributed by atoms with van der Waals surface area (Å²) in [4.78, 5) is 0. The van der Waals surface area contributed by atoms with Gasteiger partial charge in [-0.1, -0.05) is 155 Å². The van der Waals surface area contributed by atoms with Gasteiger partial charge >= 0.3 is 0 Å². The molecule has 0 nitrogen and oxygen atoms in total. The first-order chi connectivity index (χ1) is 22.9. The smallest absolute Gasteiger partial charge is 0.136 e. The van der Waals surface area contributed by atoms with Crippen LogP contribution in [-0.4, -0.2) is 13.4 Å². The largest absolute Gasteiger partial charge is 0.245 e. The molecule has 0 fully saturated rings. The first kappa shape index (κ1) is 25.3. The van der Waals surface area contributed by atoms with Gasteiger partial charge in [0.15, 0.2) is 0 Å². The van der Waals surface area contributed by atoms with Crippen molar-refractivity contribution < 1.29 is 0 Å². The highest BCUT2D eigenvalue weighted by Gasteiger charge is 2.41. The van der Waals surface area contributed by atoms with Gasteiger partial charge in [-0.2, -0.15) is 0 Å². The maximum absolute atomic E-state index is 2.37. The zero-order chi connectivity index (χ0) is 29.9. The van der Waals surface area contributed by atoms with Crippen molar-refractivity contribution in [1.82, 2.24) is 0 Å². The van der Waals surface area contributed by atoms with Crippen molar-refractivity contribution in [3.8, 4) is 22.3 Å². The highest BCUT2D eigenvalue weighted by Crippen LogP contribution is 2.41. The molecule has 0 unspecified atom stereocenters. The van der Waals surface area contributed by atoms with Crippen molar-refractivity contribution >= 4 is 109 Å². The van der Waals surface area contributed by atoms with Crippen LogP contribution in [0.3, 0.4) is 0 Å². The maximum atomic E-state index is 2.37. The van der Waals surface area contributed by atoms with E-state index in [0.717, 1.165) is 0 Å². The molecule has 0 spiro atoms. The quantitative estimate of drug-likeness (QED) is 0.178. The molecular formula is C42H24B2S2. The zero-order valence-corrected chi connectivity index (χ0v) is 26.5. The Morgan fingerprint density at radius 3 is 1.00 bits per heavy atom. The summed E-state index contributed by atoms with van der Waals surface area (Å²) >= 11 is 3.98. The Balaban J connectivity index is 1.39. The normalized spacial score (nSPS) is 13.1. The fraction of sp³-hybridized carbons (Fsp3) is 0. The SMILES string of the molecule is c1ccc2c(c1)B(c1c3sc4ccccc4c3c(B3c4ccccc4-c4ccccc43)c3sc4ccccc4c13)c1ccccc1-2. The average molecular weight is 614 g/mol. The summed E-state index contributed by atoms with van der Waals surface area (Å²) in [7, 11) is 0. The van der Waals surface area contributed by atoms with Crippen LogP contribution >= 0.6 is 22.7 Å². The lowest BCUT2D eigenvalue weighted by molar-refractivity contribution is 1.71. The van der Waals surface area contributed by atoms with Crippen molar-refractivity contribution in [2.45, 2.75) is 0 Å². The molecule has 0 aliphatic carbocycles. The van der Waals surface area contributed by atoms with E-state index in [2.05, 4.69) is 146 Å². The Bertz CT molecular complexity index is 2450. The number of fused-ring (bicyclic) bond motifs is 12. The Morgan fingerprint density at radius 2 is 0.630 bits per heavy atom. The molecule has 4 heteroatoms. The van der Waals surface area contributed by atoms with Gasteiger partial charge in [-0.05, 0) is 66.9 Å². The summed E-state index contributed by atoms with van der Waals surface area (Å²) in [5.74, 6) is 0. The second kappa shape index (κ2) is 9.33. The van der Waals surface area contributed by atoms with Crippen LogP contribution in [0.4, 0.5) is 0 Å². The van der Waals surface area contributed by atoms with Gasteiger partial charge in [0.1, 0.15) is 0 Å². The van der Waals surface area contributed by atoms with E-state index in [1.54, 1.807) is 0 Å². The Kier molecular flexibility index (Phi) is 5.13. The molecule has 4 heterocycles. The number of hydrogen-bond acceptors (Lipinski definition) is 2. The van der Waals surface area contributed by atoms with Crippen molar-refractivity contribution in [1.29, 1.82) is 0 Å². The Morgan fingerprint density at radius 1 is 0.326 bits per heavy atom. The number of benzene rings is 7. The van der Waals surface area contributed by atoms with Gasteiger partial charge in [0.05, 0.1) is 0 Å². The highest BCUT2D eigenvalue weighted by molar-refractivity contribution is 7.32. The van der Waals surface area contributed by atoms with Crippen LogP contribution in [0.2, 0.25) is 0 Å². The minimum absolute atomic E-state index is 0.167. The molecule has 2 aliphatic heterocycles. The number of rotatable bonds is 2. The molecule has 0 saturated heterocycles. The van der Waals surface area contributed by atoms with E-state index in [1.807, 2.05) is 22.7 Å². The van der Waals surface area contributed by atoms with E-state index in [1.165, 1.54) is 95.4 Å². The van der Waals surface area contributed by atoms with E-state index >= 15 is 0 Å². The molecule has 7 aromatic carbocycles. The van der Waals surface area contributed by atoms with Crippen molar-refractivity contribution in [2.24, 2.45) is 0 Å². The lowest BCUT2D eigenvalue weighted by Crippen LogP contribution is -2.52. The predicted octanol–water partition coefficient (Wildman–Crippen LogP) is 7.42. The first-order valence-corrected chi connectivity index (χ1v) is 17.6. The van der Waals surface area contributed by atoms with Crippen molar-refractivity contribution in [3.63, 3.8) is 0 Å². The van der Waals surface area contributed by atoms with E-state index in [-0.39, 0.29) is 13.4 Å². The zero-order valence-electron chi connectivity index (χ0n) is 24.8. The highest BCUT2D eigenvalue weighted by atomic mass is 32.1. The minimum atomic E-state index is 0.167. The maximum Gasteiger partial charge on any atom is 0.245 e. The molecule has 0 radical (unpaired) electrons. The monoisotopic (exact) mass is 614 g/mol. The van der Waals surface area contributed by atoms with Crippen LogP contribution < -0.4 is 32.8 Å². The van der Waals surface area contributed by atoms with Crippen molar-refractivity contribution in [2.75, 3.05) is 0 Å². The van der Waals surface area contributed by atoms with E-state index in [4.69, 9.17) is 0 Å². The van der Waals surface area contributed by atoms with E-state index in [9.17, 15) is 0 Å². The third-order valence-corrected chi connectivity index (χ3v) is 12.9. The number of thiophene rings is 2. The Labute approximate surface area is 275 Å². The minimum Gasteiger partial charge on any atom is -0.136 e. The van der Waals surface area contributed by atoms with Gasteiger partial charge in [0, 0.05) is 18.8 Å². The molecule has 0 bridgehead atoms. The molecule has 210 valence electrons. The summed E-state index contributed by atoms with van der Waals surface area (Å²) in [5.41, 5.74) is 14.1. The molecule has 0 atom stereocenters. The standard InChI is InChI=1S/C42H24B2S2/c1-7-19-31-25(13-1)26-14-2-8-20-32(26)43(31)39-37-29-17-5-11-23-35(29)46-42(37)40(38-30-18-6-12-24-36(30)45-41(38)39)44-33-21-9-3-15-27(33)28-16-4-10-22-34(28)44/h1-24H. The summed E-state index contributed by atoms with van der Waals surface area (Å²) in [6.07, 6.45) is 0. The van der Waals surface area contributed by atoms with Gasteiger partial charge in [0.2, 0.25) is 13.4 Å². The molecule has 0 saturated carbocycles. The molecule has 9 aromatic rings. The second-order valence-corrected chi connectivity index (χ2v) is 14.8. The van der Waals surface area contributed by atoms with Crippen LogP contribution in [0.1, 0.15) is 0 Å². The van der Waals surface area contributed by atoms with Crippen LogP contribution in [-0.2, 0) is 0 Å². The molecule has 0 amide bonds. The van der Waals surface area contributed by atoms with Crippen LogP contribution in [0.5, 0.6) is 0 Å². The lowest BCUT2D eigenvalue weighted by Gasteiger charge is -2.20. The fourth-order valence-corrected chi connectivity index (χ4v) is 11.3. The fourth-order valence-electron chi connectivity index (χ4n) is 8.72. The second-order valence-electron chi connectivity index (χ2n) is 12.6. The van der Waals surface area contributed by atoms with Gasteiger partial charge in [-0.3, -0.25) is 0 Å². The molecule has 46 heavy (non-hydrogen) atoms.